The summed E-state index contributed by atoms with van der Waals surface area (Å²) in [7, 11) is 0. The highest BCUT2D eigenvalue weighted by Gasteiger charge is 2.17. The van der Waals surface area contributed by atoms with Gasteiger partial charge in [0.25, 0.3) is 0 Å². The average molecular weight is 319 g/mol. The minimum Gasteiger partial charge on any atom is -0.348 e. The lowest BCUT2D eigenvalue weighted by atomic mass is 10.0. The second kappa shape index (κ2) is 7.02. The summed E-state index contributed by atoms with van der Waals surface area (Å²) in [6, 6.07) is 7.64. The summed E-state index contributed by atoms with van der Waals surface area (Å²) >= 11 is 9.19. The molecule has 2 atom stereocenters. The summed E-state index contributed by atoms with van der Waals surface area (Å²) in [5, 5.41) is 3.73. The zero-order valence-corrected chi connectivity index (χ0v) is 12.4. The number of alkyl halides is 1. The van der Waals surface area contributed by atoms with E-state index in [4.69, 9.17) is 11.6 Å². The third-order valence-electron chi connectivity index (χ3n) is 2.64. The van der Waals surface area contributed by atoms with Crippen LogP contribution in [0.25, 0.3) is 0 Å². The van der Waals surface area contributed by atoms with Crippen molar-refractivity contribution < 1.29 is 4.79 Å². The van der Waals surface area contributed by atoms with Gasteiger partial charge in [-0.2, -0.15) is 0 Å². The van der Waals surface area contributed by atoms with E-state index in [2.05, 4.69) is 28.2 Å². The number of carbonyl (C=O) groups excluding carboxylic acids is 1. The van der Waals surface area contributed by atoms with E-state index in [1.54, 1.807) is 0 Å². The van der Waals surface area contributed by atoms with Crippen LogP contribution < -0.4 is 5.32 Å². The van der Waals surface area contributed by atoms with Crippen LogP contribution in [0.15, 0.2) is 24.3 Å². The van der Waals surface area contributed by atoms with Crippen molar-refractivity contribution in [2.75, 3.05) is 0 Å². The molecule has 0 heterocycles. The number of nitrogens with one attached hydrogen (secondary N) is 1. The number of hydrogen-bond donors (Lipinski definition) is 1. The first-order valence-corrected chi connectivity index (χ1v) is 7.07. The molecular weight excluding hydrogens is 302 g/mol. The monoisotopic (exact) mass is 317 g/mol. The van der Waals surface area contributed by atoms with Gasteiger partial charge in [-0.1, -0.05) is 53.5 Å². The standard InChI is InChI=1S/C13H17BrClNO/c1-3-11(14)13(17)16-12(4-2)9-5-7-10(15)8-6-9/h5-8,11-12H,3-4H2,1-2H3,(H,16,17). The van der Waals surface area contributed by atoms with Gasteiger partial charge in [0, 0.05) is 5.02 Å². The van der Waals surface area contributed by atoms with E-state index in [0.29, 0.717) is 5.02 Å². The lowest BCUT2D eigenvalue weighted by Gasteiger charge is -2.19. The Hall–Kier alpha value is -0.540. The molecule has 1 rings (SSSR count). The van der Waals surface area contributed by atoms with Crippen molar-refractivity contribution in [2.45, 2.75) is 37.6 Å². The molecule has 1 N–H and O–H groups in total. The van der Waals surface area contributed by atoms with Crippen molar-refractivity contribution >= 4 is 33.4 Å². The predicted octanol–water partition coefficient (Wildman–Crippen LogP) is 4.08. The largest absolute Gasteiger partial charge is 0.348 e. The first-order valence-electron chi connectivity index (χ1n) is 5.78. The summed E-state index contributed by atoms with van der Waals surface area (Å²) in [5.74, 6) is 0.0364. The highest BCUT2D eigenvalue weighted by molar-refractivity contribution is 9.10. The maximum atomic E-state index is 11.8. The third kappa shape index (κ3) is 4.32. The minimum absolute atomic E-state index is 0.0364. The Bertz CT molecular complexity index is 366. The Morgan fingerprint density at radius 1 is 1.29 bits per heavy atom. The van der Waals surface area contributed by atoms with E-state index in [-0.39, 0.29) is 16.8 Å². The summed E-state index contributed by atoms with van der Waals surface area (Å²) < 4.78 is 0. The van der Waals surface area contributed by atoms with Gasteiger partial charge < -0.3 is 5.32 Å². The maximum absolute atomic E-state index is 11.8. The number of benzene rings is 1. The molecule has 17 heavy (non-hydrogen) atoms. The van der Waals surface area contributed by atoms with Gasteiger partial charge in [0.2, 0.25) is 5.91 Å². The SMILES string of the molecule is CCC(Br)C(=O)NC(CC)c1ccc(Cl)cc1. The van der Waals surface area contributed by atoms with Gasteiger partial charge >= 0.3 is 0 Å². The predicted molar refractivity (Wildman–Crippen MR) is 75.6 cm³/mol. The van der Waals surface area contributed by atoms with Gasteiger partial charge in [-0.05, 0) is 30.5 Å². The molecule has 0 aromatic heterocycles. The van der Waals surface area contributed by atoms with E-state index >= 15 is 0 Å². The number of hydrogen-bond acceptors (Lipinski definition) is 1. The highest BCUT2D eigenvalue weighted by atomic mass is 79.9. The molecule has 0 aliphatic rings. The van der Waals surface area contributed by atoms with Crippen LogP contribution in [-0.4, -0.2) is 10.7 Å². The number of carbonyl (C=O) groups is 1. The smallest absolute Gasteiger partial charge is 0.234 e. The Balaban J connectivity index is 2.72. The summed E-state index contributed by atoms with van der Waals surface area (Å²) in [6.07, 6.45) is 1.64. The van der Waals surface area contributed by atoms with Crippen LogP contribution in [0.5, 0.6) is 0 Å². The second-order valence-electron chi connectivity index (χ2n) is 3.90. The fourth-order valence-electron chi connectivity index (χ4n) is 1.56. The summed E-state index contributed by atoms with van der Waals surface area (Å²) in [4.78, 5) is 11.7. The molecule has 0 saturated carbocycles. The minimum atomic E-state index is -0.121. The van der Waals surface area contributed by atoms with Crippen molar-refractivity contribution in [1.29, 1.82) is 0 Å². The molecule has 0 bridgehead atoms. The van der Waals surface area contributed by atoms with Crippen molar-refractivity contribution in [3.63, 3.8) is 0 Å². The molecule has 0 radical (unpaired) electrons. The van der Waals surface area contributed by atoms with Gasteiger partial charge in [-0.25, -0.2) is 0 Å². The molecule has 0 spiro atoms. The first kappa shape index (κ1) is 14.5. The third-order valence-corrected chi connectivity index (χ3v) is 3.96. The molecule has 4 heteroatoms. The van der Waals surface area contributed by atoms with E-state index in [0.717, 1.165) is 18.4 Å². The van der Waals surface area contributed by atoms with E-state index in [1.165, 1.54) is 0 Å². The quantitative estimate of drug-likeness (QED) is 0.814. The lowest BCUT2D eigenvalue weighted by Crippen LogP contribution is -2.33. The fraction of sp³-hybridized carbons (Fsp3) is 0.462. The number of rotatable bonds is 5. The molecule has 2 nitrogen and oxygen atoms in total. The average Bonchev–Trinajstić information content (AvgIpc) is 2.35. The second-order valence-corrected chi connectivity index (χ2v) is 5.44. The zero-order valence-electron chi connectivity index (χ0n) is 10.0. The summed E-state index contributed by atoms with van der Waals surface area (Å²) in [5.41, 5.74) is 1.08. The van der Waals surface area contributed by atoms with E-state index in [9.17, 15) is 4.79 Å². The van der Waals surface area contributed by atoms with Gasteiger partial charge in [0.1, 0.15) is 0 Å². The van der Waals surface area contributed by atoms with Gasteiger partial charge in [-0.3, -0.25) is 4.79 Å². The molecule has 1 amide bonds. The van der Waals surface area contributed by atoms with Crippen molar-refractivity contribution in [3.8, 4) is 0 Å². The van der Waals surface area contributed by atoms with Crippen LogP contribution in [0, 0.1) is 0 Å². The molecule has 94 valence electrons. The Kier molecular flexibility index (Phi) is 6.00. The molecule has 0 saturated heterocycles. The van der Waals surface area contributed by atoms with Crippen molar-refractivity contribution in [1.82, 2.24) is 5.32 Å². The van der Waals surface area contributed by atoms with Gasteiger partial charge in [0.05, 0.1) is 10.9 Å². The van der Waals surface area contributed by atoms with Crippen LogP contribution in [0.2, 0.25) is 5.02 Å². The van der Waals surface area contributed by atoms with Crippen LogP contribution in [0.4, 0.5) is 0 Å². The Labute approximate surface area is 116 Å². The summed E-state index contributed by atoms with van der Waals surface area (Å²) in [6.45, 7) is 4.02. The Morgan fingerprint density at radius 2 is 1.88 bits per heavy atom. The molecule has 1 aromatic carbocycles. The van der Waals surface area contributed by atoms with Crippen LogP contribution in [-0.2, 0) is 4.79 Å². The van der Waals surface area contributed by atoms with Crippen LogP contribution in [0.3, 0.4) is 0 Å². The lowest BCUT2D eigenvalue weighted by molar-refractivity contribution is -0.121. The Morgan fingerprint density at radius 3 is 2.35 bits per heavy atom. The maximum Gasteiger partial charge on any atom is 0.234 e. The van der Waals surface area contributed by atoms with Crippen LogP contribution >= 0.6 is 27.5 Å². The van der Waals surface area contributed by atoms with E-state index in [1.807, 2.05) is 31.2 Å². The molecule has 0 fully saturated rings. The fourth-order valence-corrected chi connectivity index (χ4v) is 1.82. The van der Waals surface area contributed by atoms with Gasteiger partial charge in [-0.15, -0.1) is 0 Å². The zero-order chi connectivity index (χ0) is 12.8. The molecule has 0 aliphatic heterocycles. The number of halogens is 2. The van der Waals surface area contributed by atoms with E-state index < -0.39 is 0 Å². The molecule has 0 aliphatic carbocycles. The van der Waals surface area contributed by atoms with Crippen LogP contribution in [0.1, 0.15) is 38.3 Å². The molecule has 1 aromatic rings. The van der Waals surface area contributed by atoms with Crippen molar-refractivity contribution in [2.24, 2.45) is 0 Å². The van der Waals surface area contributed by atoms with Gasteiger partial charge in [0.15, 0.2) is 0 Å². The normalized spacial score (nSPS) is 14.1. The topological polar surface area (TPSA) is 29.1 Å². The first-order chi connectivity index (χ1) is 8.08. The highest BCUT2D eigenvalue weighted by Crippen LogP contribution is 2.20. The molecule has 2 unspecified atom stereocenters. The van der Waals surface area contributed by atoms with Crippen molar-refractivity contribution in [3.05, 3.63) is 34.9 Å². The number of amides is 1. The molecular formula is C13H17BrClNO.